The van der Waals surface area contributed by atoms with Gasteiger partial charge in [-0.1, -0.05) is 65.3 Å². The van der Waals surface area contributed by atoms with Gasteiger partial charge in [0.05, 0.1) is 0 Å². The molecule has 0 spiro atoms. The average Bonchev–Trinajstić information content (AvgIpc) is 3.10. The molecule has 0 bridgehead atoms. The second kappa shape index (κ2) is 14.8. The van der Waals surface area contributed by atoms with Gasteiger partial charge in [0.1, 0.15) is 39.7 Å². The Morgan fingerprint density at radius 2 is 1.46 bits per heavy atom. The molecule has 1 aromatic heterocycles. The van der Waals surface area contributed by atoms with Gasteiger partial charge in [0, 0.05) is 46.1 Å². The van der Waals surface area contributed by atoms with Crippen molar-refractivity contribution >= 4 is 16.8 Å². The molecule has 0 aliphatic heterocycles. The van der Waals surface area contributed by atoms with E-state index in [9.17, 15) is 30.0 Å². The molecule has 0 fully saturated rings. The summed E-state index contributed by atoms with van der Waals surface area (Å²) in [4.78, 5) is 29.4. The summed E-state index contributed by atoms with van der Waals surface area (Å²) in [5.41, 5.74) is 6.41. The first-order valence-electron chi connectivity index (χ1n) is 17.5. The molecule has 3 unspecified atom stereocenters. The van der Waals surface area contributed by atoms with Gasteiger partial charge in [-0.3, -0.25) is 9.59 Å². The van der Waals surface area contributed by atoms with Gasteiger partial charge < -0.3 is 24.8 Å². The summed E-state index contributed by atoms with van der Waals surface area (Å²) < 4.78 is 6.72. The summed E-state index contributed by atoms with van der Waals surface area (Å²) >= 11 is 0. The molecule has 1 heterocycles. The molecule has 0 radical (unpaired) electrons. The van der Waals surface area contributed by atoms with Crippen molar-refractivity contribution in [3.63, 3.8) is 0 Å². The van der Waals surface area contributed by atoms with Gasteiger partial charge >= 0.3 is 0 Å². The smallest absolute Gasteiger partial charge is 0.200 e. The summed E-state index contributed by atoms with van der Waals surface area (Å²) in [5, 5.41) is 42.6. The lowest BCUT2D eigenvalue weighted by atomic mass is 9.65. The number of allylic oxidation sites excluding steroid dienone is 6. The highest BCUT2D eigenvalue weighted by Gasteiger charge is 2.42. The summed E-state index contributed by atoms with van der Waals surface area (Å²) in [5.74, 6) is -2.12. The number of hydrogen-bond donors (Lipinski definition) is 4. The van der Waals surface area contributed by atoms with Gasteiger partial charge in [-0.15, -0.1) is 0 Å². The standard InChI is InChI=1S/C45H44O7/c1-25(2)9-11-28-7-6-8-30(23-28)42(50)40-36(33-18-16-32(47)24-39(33)49)21-27(5)22-37(40)34-19-20-38(48)41-43(51)35(17-10-26(3)4)44(52-45(34)41)29-12-14-31(46)15-13-29/h6-10,12-16,18-20,22-24,36-37,40,46-49H,11,17,21H2,1-5H3. The van der Waals surface area contributed by atoms with Crippen LogP contribution in [0.2, 0.25) is 0 Å². The summed E-state index contributed by atoms with van der Waals surface area (Å²) in [6.45, 7) is 9.90. The van der Waals surface area contributed by atoms with E-state index in [4.69, 9.17) is 4.42 Å². The maximum atomic E-state index is 15.0. The zero-order chi connectivity index (χ0) is 37.3. The molecule has 6 rings (SSSR count). The monoisotopic (exact) mass is 696 g/mol. The number of fused-ring (bicyclic) bond motifs is 1. The van der Waals surface area contributed by atoms with Crippen molar-refractivity contribution in [2.24, 2.45) is 5.92 Å². The predicted octanol–water partition coefficient (Wildman–Crippen LogP) is 10.0. The van der Waals surface area contributed by atoms with E-state index in [2.05, 4.69) is 6.08 Å². The van der Waals surface area contributed by atoms with Gasteiger partial charge in [-0.2, -0.15) is 0 Å². The van der Waals surface area contributed by atoms with Crippen LogP contribution in [-0.2, 0) is 12.8 Å². The van der Waals surface area contributed by atoms with Gasteiger partial charge in [0.15, 0.2) is 5.78 Å². The summed E-state index contributed by atoms with van der Waals surface area (Å²) in [6.07, 6.45) is 7.45. The average molecular weight is 697 g/mol. The van der Waals surface area contributed by atoms with E-state index in [1.165, 1.54) is 35.9 Å². The molecule has 0 saturated heterocycles. The zero-order valence-electron chi connectivity index (χ0n) is 30.1. The van der Waals surface area contributed by atoms with E-state index in [0.29, 0.717) is 46.4 Å². The van der Waals surface area contributed by atoms with Crippen molar-refractivity contribution in [3.05, 3.63) is 152 Å². The number of carbonyl (C=O) groups is 1. The molecule has 4 aromatic carbocycles. The number of Topliss-reactive ketones (excluding diaryl/α,β-unsaturated/α-hetero) is 1. The molecule has 0 amide bonds. The van der Waals surface area contributed by atoms with Gasteiger partial charge in [-0.05, 0) is 107 Å². The van der Waals surface area contributed by atoms with Crippen molar-refractivity contribution in [1.82, 2.24) is 0 Å². The second-order valence-corrected chi connectivity index (χ2v) is 14.3. The zero-order valence-corrected chi connectivity index (χ0v) is 30.1. The van der Waals surface area contributed by atoms with Crippen molar-refractivity contribution in [2.45, 2.75) is 65.7 Å². The van der Waals surface area contributed by atoms with E-state index in [0.717, 1.165) is 16.7 Å². The number of phenols is 4. The van der Waals surface area contributed by atoms with E-state index in [-0.39, 0.29) is 51.6 Å². The minimum atomic E-state index is -0.765. The number of carbonyl (C=O) groups excluding carboxylic acids is 1. The first-order valence-corrected chi connectivity index (χ1v) is 17.5. The highest BCUT2D eigenvalue weighted by Crippen LogP contribution is 2.50. The molecule has 1 aliphatic carbocycles. The van der Waals surface area contributed by atoms with Gasteiger partial charge in [-0.25, -0.2) is 0 Å². The lowest BCUT2D eigenvalue weighted by molar-refractivity contribution is 0.0880. The number of rotatable bonds is 9. The number of ketones is 1. The lowest BCUT2D eigenvalue weighted by Crippen LogP contribution is -2.32. The van der Waals surface area contributed by atoms with Crippen LogP contribution < -0.4 is 5.43 Å². The minimum absolute atomic E-state index is 0.0211. The lowest BCUT2D eigenvalue weighted by Gasteiger charge is -2.37. The van der Waals surface area contributed by atoms with E-state index < -0.39 is 17.8 Å². The Labute approximate surface area is 303 Å². The maximum absolute atomic E-state index is 15.0. The quantitative estimate of drug-likeness (QED) is 0.0892. The van der Waals surface area contributed by atoms with Crippen molar-refractivity contribution in [2.75, 3.05) is 0 Å². The van der Waals surface area contributed by atoms with Crippen LogP contribution in [0.25, 0.3) is 22.3 Å². The maximum Gasteiger partial charge on any atom is 0.200 e. The largest absolute Gasteiger partial charge is 0.508 e. The molecule has 5 aromatic rings. The van der Waals surface area contributed by atoms with E-state index in [1.807, 2.05) is 65.0 Å². The van der Waals surface area contributed by atoms with Crippen LogP contribution in [0.4, 0.5) is 0 Å². The van der Waals surface area contributed by atoms with Crippen LogP contribution in [0.1, 0.15) is 85.5 Å². The number of phenolic OH excluding ortho intramolecular Hbond substituents is 4. The van der Waals surface area contributed by atoms with Crippen LogP contribution in [0.3, 0.4) is 0 Å². The first kappa shape index (κ1) is 36.0. The molecular weight excluding hydrogens is 652 g/mol. The highest BCUT2D eigenvalue weighted by atomic mass is 16.3. The second-order valence-electron chi connectivity index (χ2n) is 14.3. The number of benzene rings is 4. The molecule has 52 heavy (non-hydrogen) atoms. The Hall–Kier alpha value is -5.82. The number of hydrogen-bond acceptors (Lipinski definition) is 7. The highest BCUT2D eigenvalue weighted by molar-refractivity contribution is 6.00. The third-order valence-corrected chi connectivity index (χ3v) is 9.85. The molecule has 3 atom stereocenters. The Kier molecular flexibility index (Phi) is 10.2. The molecule has 4 N–H and O–H groups in total. The topological polar surface area (TPSA) is 128 Å². The van der Waals surface area contributed by atoms with Crippen molar-refractivity contribution in [3.8, 4) is 34.3 Å². The molecule has 1 aliphatic rings. The molecule has 7 heteroatoms. The van der Waals surface area contributed by atoms with Crippen LogP contribution in [-0.4, -0.2) is 26.2 Å². The van der Waals surface area contributed by atoms with Crippen LogP contribution >= 0.6 is 0 Å². The molecule has 0 saturated carbocycles. The molecule has 7 nitrogen and oxygen atoms in total. The van der Waals surface area contributed by atoms with Crippen LogP contribution in [0, 0.1) is 5.92 Å². The first-order chi connectivity index (χ1) is 24.8. The molecule has 266 valence electrons. The Balaban J connectivity index is 1.62. The SMILES string of the molecule is CC(C)=CCc1cccc(C(=O)C2C(c3ccc(O)c4c(=O)c(CC=C(C)C)c(-c5ccc(O)cc5)oc34)C=C(C)CC2c2ccc(O)cc2O)c1. The third-order valence-electron chi connectivity index (χ3n) is 9.85. The minimum Gasteiger partial charge on any atom is -0.508 e. The Morgan fingerprint density at radius 3 is 2.15 bits per heavy atom. The van der Waals surface area contributed by atoms with Crippen molar-refractivity contribution < 1.29 is 29.6 Å². The molecular formula is C45H44O7. The van der Waals surface area contributed by atoms with Gasteiger partial charge in [0.2, 0.25) is 5.43 Å². The normalized spacial score (nSPS) is 17.0. The fourth-order valence-electron chi connectivity index (χ4n) is 7.28. The van der Waals surface area contributed by atoms with Crippen LogP contribution in [0.15, 0.2) is 123 Å². The Morgan fingerprint density at radius 1 is 0.788 bits per heavy atom. The third kappa shape index (κ3) is 7.31. The van der Waals surface area contributed by atoms with Crippen LogP contribution in [0.5, 0.6) is 23.0 Å². The Bertz CT molecular complexity index is 2310. The predicted molar refractivity (Wildman–Crippen MR) is 205 cm³/mol. The summed E-state index contributed by atoms with van der Waals surface area (Å²) in [6, 6.07) is 21.6. The van der Waals surface area contributed by atoms with E-state index >= 15 is 0 Å². The fraction of sp³-hybridized carbons (Fsp3) is 0.244. The van der Waals surface area contributed by atoms with Gasteiger partial charge in [0.25, 0.3) is 0 Å². The summed E-state index contributed by atoms with van der Waals surface area (Å²) in [7, 11) is 0. The van der Waals surface area contributed by atoms with Crippen molar-refractivity contribution in [1.29, 1.82) is 0 Å². The fourth-order valence-corrected chi connectivity index (χ4v) is 7.28. The number of aromatic hydroxyl groups is 4. The van der Waals surface area contributed by atoms with E-state index in [1.54, 1.807) is 30.3 Å².